The van der Waals surface area contributed by atoms with Gasteiger partial charge in [-0.05, 0) is 49.7 Å². The second kappa shape index (κ2) is 7.47. The Hall–Kier alpha value is -1.37. The van der Waals surface area contributed by atoms with Crippen molar-refractivity contribution in [3.63, 3.8) is 0 Å². The zero-order valence-electron chi connectivity index (χ0n) is 13.2. The number of rotatable bonds is 4. The first kappa shape index (κ1) is 16.5. The number of benzene rings is 1. The van der Waals surface area contributed by atoms with Gasteiger partial charge in [-0.2, -0.15) is 0 Å². The summed E-state index contributed by atoms with van der Waals surface area (Å²) in [5.74, 6) is 0.821. The number of amides is 1. The molecule has 0 aromatic heterocycles. The molecule has 0 spiro atoms. The standard InChI is InChI=1S/C17H20N2O2S2/c1-21-14-7-5-13(6-8-14)11-15-16(20)19(17(22)23-15)12-18-9-3-2-4-10-18/h5-8,11H,2-4,9-10,12H2,1H3/b15-11+. The Labute approximate surface area is 146 Å². The maximum Gasteiger partial charge on any atom is 0.267 e. The van der Waals surface area contributed by atoms with Crippen molar-refractivity contribution in [2.75, 3.05) is 26.9 Å². The van der Waals surface area contributed by atoms with Gasteiger partial charge in [0.05, 0.1) is 18.7 Å². The van der Waals surface area contributed by atoms with E-state index in [1.807, 2.05) is 30.3 Å². The molecule has 0 unspecified atom stereocenters. The topological polar surface area (TPSA) is 32.8 Å². The van der Waals surface area contributed by atoms with Gasteiger partial charge in [0.2, 0.25) is 0 Å². The molecule has 0 aliphatic carbocycles. The highest BCUT2D eigenvalue weighted by Gasteiger charge is 2.33. The van der Waals surface area contributed by atoms with E-state index in [0.29, 0.717) is 15.9 Å². The summed E-state index contributed by atoms with van der Waals surface area (Å²) >= 11 is 6.79. The predicted octanol–water partition coefficient (Wildman–Crippen LogP) is 3.34. The lowest BCUT2D eigenvalue weighted by Gasteiger charge is -2.29. The van der Waals surface area contributed by atoms with Crippen molar-refractivity contribution in [3.8, 4) is 5.75 Å². The van der Waals surface area contributed by atoms with E-state index in [0.717, 1.165) is 24.4 Å². The number of piperidine rings is 1. The molecule has 0 atom stereocenters. The van der Waals surface area contributed by atoms with Gasteiger partial charge in [-0.3, -0.25) is 14.6 Å². The monoisotopic (exact) mass is 348 g/mol. The number of ether oxygens (including phenoxy) is 1. The summed E-state index contributed by atoms with van der Waals surface area (Å²) in [7, 11) is 1.64. The lowest BCUT2D eigenvalue weighted by Crippen LogP contribution is -2.42. The van der Waals surface area contributed by atoms with Gasteiger partial charge in [0.1, 0.15) is 10.1 Å². The van der Waals surface area contributed by atoms with Gasteiger partial charge in [0.15, 0.2) is 0 Å². The van der Waals surface area contributed by atoms with Crippen LogP contribution in [0, 0.1) is 0 Å². The van der Waals surface area contributed by atoms with Crippen molar-refractivity contribution in [1.29, 1.82) is 0 Å². The fraction of sp³-hybridized carbons (Fsp3) is 0.412. The molecule has 122 valence electrons. The summed E-state index contributed by atoms with van der Waals surface area (Å²) in [6, 6.07) is 7.66. The molecular weight excluding hydrogens is 328 g/mol. The lowest BCUT2D eigenvalue weighted by atomic mass is 10.1. The molecule has 2 fully saturated rings. The molecule has 1 aromatic rings. The molecule has 4 nitrogen and oxygen atoms in total. The van der Waals surface area contributed by atoms with Crippen LogP contribution in [0.4, 0.5) is 0 Å². The lowest BCUT2D eigenvalue weighted by molar-refractivity contribution is -0.123. The molecule has 2 heterocycles. The minimum absolute atomic E-state index is 0.0152. The second-order valence-corrected chi connectivity index (χ2v) is 7.38. The first-order chi connectivity index (χ1) is 11.2. The van der Waals surface area contributed by atoms with E-state index in [9.17, 15) is 4.79 Å². The van der Waals surface area contributed by atoms with Crippen molar-refractivity contribution in [3.05, 3.63) is 34.7 Å². The van der Waals surface area contributed by atoms with Crippen LogP contribution >= 0.6 is 24.0 Å². The third-order valence-electron chi connectivity index (χ3n) is 4.08. The number of nitrogens with zero attached hydrogens (tertiary/aromatic N) is 2. The average molecular weight is 348 g/mol. The Morgan fingerprint density at radius 3 is 2.57 bits per heavy atom. The molecule has 6 heteroatoms. The first-order valence-electron chi connectivity index (χ1n) is 7.79. The summed E-state index contributed by atoms with van der Waals surface area (Å²) in [6.07, 6.45) is 5.59. The molecule has 2 saturated heterocycles. The van der Waals surface area contributed by atoms with Gasteiger partial charge in [-0.1, -0.05) is 42.5 Å². The third-order valence-corrected chi connectivity index (χ3v) is 5.46. The van der Waals surface area contributed by atoms with Crippen LogP contribution in [0.5, 0.6) is 5.75 Å². The molecule has 1 aromatic carbocycles. The van der Waals surface area contributed by atoms with E-state index >= 15 is 0 Å². The predicted molar refractivity (Wildman–Crippen MR) is 98.3 cm³/mol. The van der Waals surface area contributed by atoms with Crippen LogP contribution < -0.4 is 4.74 Å². The fourth-order valence-corrected chi connectivity index (χ4v) is 4.02. The maximum absolute atomic E-state index is 12.6. The van der Waals surface area contributed by atoms with Gasteiger partial charge in [-0.25, -0.2) is 0 Å². The molecule has 23 heavy (non-hydrogen) atoms. The number of carbonyl (C=O) groups excluding carboxylic acids is 1. The highest BCUT2D eigenvalue weighted by molar-refractivity contribution is 8.26. The minimum atomic E-state index is 0.0152. The van der Waals surface area contributed by atoms with Crippen molar-refractivity contribution < 1.29 is 9.53 Å². The van der Waals surface area contributed by atoms with Gasteiger partial charge >= 0.3 is 0 Å². The molecule has 3 rings (SSSR count). The van der Waals surface area contributed by atoms with E-state index in [4.69, 9.17) is 17.0 Å². The van der Waals surface area contributed by atoms with Crippen LogP contribution in [-0.2, 0) is 4.79 Å². The number of hydrogen-bond donors (Lipinski definition) is 0. The molecule has 0 bridgehead atoms. The van der Waals surface area contributed by atoms with E-state index in [1.165, 1.54) is 31.0 Å². The Bertz CT molecular complexity index is 622. The zero-order valence-corrected chi connectivity index (χ0v) is 14.8. The van der Waals surface area contributed by atoms with Crippen molar-refractivity contribution in [2.24, 2.45) is 0 Å². The molecule has 0 N–H and O–H groups in total. The summed E-state index contributed by atoms with van der Waals surface area (Å²) < 4.78 is 5.80. The molecule has 2 aliphatic heterocycles. The van der Waals surface area contributed by atoms with Crippen LogP contribution in [0.1, 0.15) is 24.8 Å². The van der Waals surface area contributed by atoms with Crippen LogP contribution in [0.2, 0.25) is 0 Å². The van der Waals surface area contributed by atoms with Gasteiger partial charge in [-0.15, -0.1) is 0 Å². The Morgan fingerprint density at radius 1 is 1.22 bits per heavy atom. The maximum atomic E-state index is 12.6. The van der Waals surface area contributed by atoms with E-state index < -0.39 is 0 Å². The third kappa shape index (κ3) is 3.94. The minimum Gasteiger partial charge on any atom is -0.497 e. The van der Waals surface area contributed by atoms with Gasteiger partial charge in [0, 0.05) is 0 Å². The average Bonchev–Trinajstić information content (AvgIpc) is 2.84. The molecule has 2 aliphatic rings. The van der Waals surface area contributed by atoms with Gasteiger partial charge in [0.25, 0.3) is 5.91 Å². The normalized spacial score (nSPS) is 21.3. The van der Waals surface area contributed by atoms with Crippen molar-refractivity contribution in [2.45, 2.75) is 19.3 Å². The quantitative estimate of drug-likeness (QED) is 0.616. The van der Waals surface area contributed by atoms with Crippen LogP contribution in [0.25, 0.3) is 6.08 Å². The van der Waals surface area contributed by atoms with Crippen LogP contribution in [0.15, 0.2) is 29.2 Å². The number of carbonyl (C=O) groups is 1. The molecule has 0 radical (unpaired) electrons. The highest BCUT2D eigenvalue weighted by atomic mass is 32.2. The Balaban J connectivity index is 1.70. The SMILES string of the molecule is COc1ccc(/C=C2/SC(=S)N(CN3CCCCC3)C2=O)cc1. The number of likely N-dealkylation sites (tertiary alicyclic amines) is 1. The van der Waals surface area contributed by atoms with Gasteiger partial charge < -0.3 is 4.74 Å². The van der Waals surface area contributed by atoms with Crippen molar-refractivity contribution >= 4 is 40.3 Å². The zero-order chi connectivity index (χ0) is 16.2. The summed E-state index contributed by atoms with van der Waals surface area (Å²) in [5, 5.41) is 0. The summed E-state index contributed by atoms with van der Waals surface area (Å²) in [4.78, 5) is 17.3. The Kier molecular flexibility index (Phi) is 5.35. The van der Waals surface area contributed by atoms with E-state index in [1.54, 1.807) is 12.0 Å². The highest BCUT2D eigenvalue weighted by Crippen LogP contribution is 2.33. The first-order valence-corrected chi connectivity index (χ1v) is 9.01. The number of hydrogen-bond acceptors (Lipinski definition) is 5. The summed E-state index contributed by atoms with van der Waals surface area (Å²) in [6.45, 7) is 2.72. The molecule has 0 saturated carbocycles. The Morgan fingerprint density at radius 2 is 1.91 bits per heavy atom. The fourth-order valence-electron chi connectivity index (χ4n) is 2.77. The number of thioether (sulfide) groups is 1. The number of thiocarbonyl (C=S) groups is 1. The summed E-state index contributed by atoms with van der Waals surface area (Å²) in [5.41, 5.74) is 0.976. The van der Waals surface area contributed by atoms with E-state index in [2.05, 4.69) is 4.90 Å². The van der Waals surface area contributed by atoms with Crippen molar-refractivity contribution in [1.82, 2.24) is 9.80 Å². The number of methoxy groups -OCH3 is 1. The smallest absolute Gasteiger partial charge is 0.267 e. The largest absolute Gasteiger partial charge is 0.497 e. The second-order valence-electron chi connectivity index (χ2n) is 5.70. The van der Waals surface area contributed by atoms with Crippen LogP contribution in [-0.4, -0.2) is 46.9 Å². The molecule has 1 amide bonds. The molecular formula is C17H20N2O2S2. The van der Waals surface area contributed by atoms with E-state index in [-0.39, 0.29) is 5.91 Å². The van der Waals surface area contributed by atoms with Crippen LogP contribution in [0.3, 0.4) is 0 Å².